The van der Waals surface area contributed by atoms with Gasteiger partial charge in [-0.3, -0.25) is 4.79 Å². The Balaban J connectivity index is 0.00000385. The van der Waals surface area contributed by atoms with Gasteiger partial charge in [-0.25, -0.2) is 4.98 Å². The number of aryl methyl sites for hydroxylation is 1. The molecule has 0 saturated heterocycles. The van der Waals surface area contributed by atoms with E-state index in [1.165, 1.54) is 12.1 Å². The first kappa shape index (κ1) is 26.8. The number of amides is 1. The molecule has 1 fully saturated rings. The minimum absolute atomic E-state index is 0. The number of hydrogen-bond acceptors (Lipinski definition) is 6. The van der Waals surface area contributed by atoms with Crippen molar-refractivity contribution in [2.75, 3.05) is 24.3 Å². The third kappa shape index (κ3) is 7.82. The van der Waals surface area contributed by atoms with E-state index in [0.29, 0.717) is 5.95 Å². The van der Waals surface area contributed by atoms with Gasteiger partial charge < -0.3 is 20.3 Å². The number of carbonyl (C=O) groups excluding carboxylic acids is 1. The second-order valence-electron chi connectivity index (χ2n) is 7.94. The van der Waals surface area contributed by atoms with Crippen LogP contribution in [0, 0.1) is 6.92 Å². The smallest absolute Gasteiger partial charge is 0.404 e. The lowest BCUT2D eigenvalue weighted by Crippen LogP contribution is -2.40. The molecular formula is C21H26Cl2F3N5O2. The minimum Gasteiger partial charge on any atom is -0.404 e. The van der Waals surface area contributed by atoms with Crippen molar-refractivity contribution in [2.45, 2.75) is 51.1 Å². The van der Waals surface area contributed by atoms with Crippen LogP contribution in [0.3, 0.4) is 0 Å². The molecule has 1 aliphatic carbocycles. The Labute approximate surface area is 201 Å². The Kier molecular flexibility index (Phi) is 9.02. The number of anilines is 2. The molecule has 3 rings (SSSR count). The molecule has 0 spiro atoms. The van der Waals surface area contributed by atoms with E-state index in [2.05, 4.69) is 25.3 Å². The summed E-state index contributed by atoms with van der Waals surface area (Å²) < 4.78 is 40.9. The largest absolute Gasteiger partial charge is 0.573 e. The summed E-state index contributed by atoms with van der Waals surface area (Å²) in [6, 6.07) is 5.52. The first-order valence-corrected chi connectivity index (χ1v) is 10.5. The first-order chi connectivity index (χ1) is 15.0. The van der Waals surface area contributed by atoms with Gasteiger partial charge in [0.2, 0.25) is 5.95 Å². The second-order valence-corrected chi connectivity index (χ2v) is 8.35. The highest BCUT2D eigenvalue weighted by Gasteiger charge is 2.32. The van der Waals surface area contributed by atoms with Gasteiger partial charge in [0.1, 0.15) is 11.6 Å². The highest BCUT2D eigenvalue weighted by atomic mass is 35.5. The lowest BCUT2D eigenvalue weighted by atomic mass is 9.91. The zero-order valence-corrected chi connectivity index (χ0v) is 19.9. The van der Waals surface area contributed by atoms with Crippen LogP contribution in [0.1, 0.15) is 41.7 Å². The Bertz CT molecular complexity index is 967. The van der Waals surface area contributed by atoms with Crippen LogP contribution in [0.2, 0.25) is 5.02 Å². The van der Waals surface area contributed by atoms with Gasteiger partial charge in [-0.2, -0.15) is 4.98 Å². The van der Waals surface area contributed by atoms with Crippen molar-refractivity contribution < 1.29 is 22.7 Å². The highest BCUT2D eigenvalue weighted by molar-refractivity contribution is 6.32. The number of hydrogen-bond donors (Lipinski definition) is 2. The normalized spacial score (nSPS) is 18.2. The lowest BCUT2D eigenvalue weighted by molar-refractivity contribution is -0.274. The fourth-order valence-corrected chi connectivity index (χ4v) is 3.75. The zero-order valence-electron chi connectivity index (χ0n) is 18.4. The molecule has 33 heavy (non-hydrogen) atoms. The lowest BCUT2D eigenvalue weighted by Gasteiger charge is -2.30. The van der Waals surface area contributed by atoms with E-state index in [4.69, 9.17) is 11.6 Å². The van der Waals surface area contributed by atoms with Crippen LogP contribution in [-0.4, -0.2) is 48.4 Å². The molecule has 7 nitrogen and oxygen atoms in total. The van der Waals surface area contributed by atoms with Gasteiger partial charge >= 0.3 is 6.36 Å². The molecule has 0 bridgehead atoms. The summed E-state index contributed by atoms with van der Waals surface area (Å²) in [6.07, 6.45) is -1.72. The van der Waals surface area contributed by atoms with Crippen molar-refractivity contribution in [2.24, 2.45) is 0 Å². The van der Waals surface area contributed by atoms with Crippen molar-refractivity contribution in [3.05, 3.63) is 40.5 Å². The molecule has 1 aromatic carbocycles. The number of alkyl halides is 3. The van der Waals surface area contributed by atoms with Crippen LogP contribution >= 0.6 is 24.0 Å². The molecule has 1 heterocycles. The van der Waals surface area contributed by atoms with E-state index in [0.717, 1.165) is 43.3 Å². The van der Waals surface area contributed by atoms with Crippen LogP contribution in [0.5, 0.6) is 5.75 Å². The summed E-state index contributed by atoms with van der Waals surface area (Å²) in [5.74, 6) is 0.473. The van der Waals surface area contributed by atoms with E-state index in [1.54, 1.807) is 0 Å². The molecule has 1 aliphatic rings. The van der Waals surface area contributed by atoms with Crippen molar-refractivity contribution in [1.82, 2.24) is 15.3 Å². The monoisotopic (exact) mass is 507 g/mol. The number of rotatable bonds is 6. The van der Waals surface area contributed by atoms with Gasteiger partial charge in [0.15, 0.2) is 0 Å². The zero-order chi connectivity index (χ0) is 23.5. The number of benzene rings is 1. The maximum Gasteiger partial charge on any atom is 0.573 e. The van der Waals surface area contributed by atoms with Crippen molar-refractivity contribution in [1.29, 1.82) is 0 Å². The van der Waals surface area contributed by atoms with Crippen molar-refractivity contribution in [3.63, 3.8) is 0 Å². The molecule has 2 N–H and O–H groups in total. The number of carbonyl (C=O) groups is 1. The summed E-state index contributed by atoms with van der Waals surface area (Å²) in [5, 5.41) is 6.01. The van der Waals surface area contributed by atoms with E-state index in [1.807, 2.05) is 32.0 Å². The Hall–Kier alpha value is -2.46. The fourth-order valence-electron chi connectivity index (χ4n) is 3.53. The van der Waals surface area contributed by atoms with E-state index in [9.17, 15) is 18.0 Å². The molecule has 1 saturated carbocycles. The van der Waals surface area contributed by atoms with Crippen LogP contribution in [0.25, 0.3) is 0 Å². The van der Waals surface area contributed by atoms with Gasteiger partial charge in [0.05, 0.1) is 5.02 Å². The summed E-state index contributed by atoms with van der Waals surface area (Å²) in [5.41, 5.74) is 1.05. The molecule has 1 amide bonds. The van der Waals surface area contributed by atoms with Crippen molar-refractivity contribution in [3.8, 4) is 5.75 Å². The highest BCUT2D eigenvalue weighted by Crippen LogP contribution is 2.31. The van der Waals surface area contributed by atoms with Crippen LogP contribution in [0.15, 0.2) is 24.3 Å². The molecular weight excluding hydrogens is 482 g/mol. The van der Waals surface area contributed by atoms with E-state index in [-0.39, 0.29) is 41.0 Å². The van der Waals surface area contributed by atoms with Gasteiger partial charge in [-0.05, 0) is 50.8 Å². The molecule has 12 heteroatoms. The third-order valence-electron chi connectivity index (χ3n) is 5.11. The van der Waals surface area contributed by atoms with Crippen LogP contribution < -0.4 is 20.3 Å². The minimum atomic E-state index is -4.85. The molecule has 0 aliphatic heterocycles. The Morgan fingerprint density at radius 2 is 1.76 bits per heavy atom. The van der Waals surface area contributed by atoms with Crippen LogP contribution in [-0.2, 0) is 0 Å². The van der Waals surface area contributed by atoms with E-state index >= 15 is 0 Å². The molecule has 2 aromatic rings. The Morgan fingerprint density at radius 3 is 2.33 bits per heavy atom. The van der Waals surface area contributed by atoms with Gasteiger partial charge in [0.25, 0.3) is 5.91 Å². The van der Waals surface area contributed by atoms with Gasteiger partial charge in [0, 0.05) is 43.5 Å². The quantitative estimate of drug-likeness (QED) is 0.574. The number of halogens is 5. The third-order valence-corrected chi connectivity index (χ3v) is 5.41. The standard InChI is InChI=1S/C21H25ClF3N5O2.ClH/c1-12-10-18(30(2)3)29-20(26-12)28-15-7-5-14(6-8-15)27-19(31)13-4-9-17(16(22)11-13)32-21(23,24)25;/h4,9-11,14-15H,5-8H2,1-3H3,(H,27,31)(H,26,28,29);1H. The maximum atomic E-state index is 12.5. The second kappa shape index (κ2) is 11.1. The number of nitrogens with zero attached hydrogens (tertiary/aromatic N) is 3. The van der Waals surface area contributed by atoms with Crippen LogP contribution in [0.4, 0.5) is 24.9 Å². The van der Waals surface area contributed by atoms with Gasteiger partial charge in [-0.1, -0.05) is 11.6 Å². The molecule has 0 radical (unpaired) electrons. The molecule has 1 aromatic heterocycles. The van der Waals surface area contributed by atoms with E-state index < -0.39 is 12.1 Å². The summed E-state index contributed by atoms with van der Waals surface area (Å²) in [6.45, 7) is 1.92. The topological polar surface area (TPSA) is 79.4 Å². The number of ether oxygens (including phenoxy) is 1. The molecule has 182 valence electrons. The number of aromatic nitrogens is 2. The van der Waals surface area contributed by atoms with Gasteiger partial charge in [-0.15, -0.1) is 25.6 Å². The summed E-state index contributed by atoms with van der Waals surface area (Å²) >= 11 is 5.83. The Morgan fingerprint density at radius 1 is 1.12 bits per heavy atom. The number of nitrogens with one attached hydrogen (secondary N) is 2. The first-order valence-electron chi connectivity index (χ1n) is 10.2. The molecule has 0 unspecified atom stereocenters. The SMILES string of the molecule is Cc1cc(N(C)C)nc(NC2CCC(NC(=O)c3ccc(OC(F)(F)F)c(Cl)c3)CC2)n1.Cl. The summed E-state index contributed by atoms with van der Waals surface area (Å²) in [4.78, 5) is 23.4. The van der Waals surface area contributed by atoms with Crippen molar-refractivity contribution >= 4 is 41.7 Å². The summed E-state index contributed by atoms with van der Waals surface area (Å²) in [7, 11) is 3.84. The predicted molar refractivity (Wildman–Crippen MR) is 124 cm³/mol. The fraction of sp³-hybridized carbons (Fsp3) is 0.476. The average molecular weight is 508 g/mol. The average Bonchev–Trinajstić information content (AvgIpc) is 2.69. The maximum absolute atomic E-state index is 12.5. The predicted octanol–water partition coefficient (Wildman–Crippen LogP) is 4.98. The molecule has 0 atom stereocenters.